The number of methoxy groups -OCH3 is 1. The number of hydrogen-bond acceptors (Lipinski definition) is 6. The SMILES string of the molecule is COc1ccc(C(=O)NS(=O)(=O)c2cccc(Oc3ccccc3)c2)cc1N1CCNC1=O. The van der Waals surface area contributed by atoms with Crippen LogP contribution in [0.5, 0.6) is 17.2 Å². The van der Waals surface area contributed by atoms with Gasteiger partial charge in [-0.2, -0.15) is 0 Å². The van der Waals surface area contributed by atoms with Crippen LogP contribution in [0.4, 0.5) is 10.5 Å². The van der Waals surface area contributed by atoms with E-state index in [1.54, 1.807) is 30.3 Å². The number of benzene rings is 3. The Morgan fingerprint density at radius 3 is 2.45 bits per heavy atom. The van der Waals surface area contributed by atoms with Crippen LogP contribution in [-0.2, 0) is 10.0 Å². The summed E-state index contributed by atoms with van der Waals surface area (Å²) in [5, 5.41) is 2.67. The number of sulfonamides is 1. The molecule has 1 aliphatic rings. The number of carbonyl (C=O) groups is 2. The van der Waals surface area contributed by atoms with Crippen molar-refractivity contribution in [3.63, 3.8) is 0 Å². The number of ether oxygens (including phenoxy) is 2. The monoisotopic (exact) mass is 467 g/mol. The zero-order valence-corrected chi connectivity index (χ0v) is 18.5. The van der Waals surface area contributed by atoms with E-state index in [2.05, 4.69) is 10.0 Å². The number of urea groups is 1. The molecule has 0 bridgehead atoms. The summed E-state index contributed by atoms with van der Waals surface area (Å²) >= 11 is 0. The minimum Gasteiger partial charge on any atom is -0.495 e. The molecule has 3 amide bonds. The highest BCUT2D eigenvalue weighted by atomic mass is 32.2. The zero-order chi connectivity index (χ0) is 23.4. The van der Waals surface area contributed by atoms with Gasteiger partial charge in [0, 0.05) is 24.7 Å². The van der Waals surface area contributed by atoms with Gasteiger partial charge in [0.25, 0.3) is 15.9 Å². The first-order chi connectivity index (χ1) is 15.9. The summed E-state index contributed by atoms with van der Waals surface area (Å²) < 4.78 is 38.7. The molecule has 9 nitrogen and oxygen atoms in total. The van der Waals surface area contributed by atoms with E-state index in [0.717, 1.165) is 0 Å². The van der Waals surface area contributed by atoms with E-state index in [4.69, 9.17) is 9.47 Å². The van der Waals surface area contributed by atoms with Gasteiger partial charge in [-0.3, -0.25) is 9.69 Å². The van der Waals surface area contributed by atoms with Crippen molar-refractivity contribution in [1.29, 1.82) is 0 Å². The third-order valence-electron chi connectivity index (χ3n) is 4.91. The first-order valence-corrected chi connectivity index (χ1v) is 11.5. The van der Waals surface area contributed by atoms with Gasteiger partial charge in [0.05, 0.1) is 17.7 Å². The average molecular weight is 468 g/mol. The molecule has 1 heterocycles. The van der Waals surface area contributed by atoms with Gasteiger partial charge < -0.3 is 14.8 Å². The van der Waals surface area contributed by atoms with Crippen molar-refractivity contribution < 1.29 is 27.5 Å². The fraction of sp³-hybridized carbons (Fsp3) is 0.130. The summed E-state index contributed by atoms with van der Waals surface area (Å²) in [5.41, 5.74) is 0.432. The summed E-state index contributed by atoms with van der Waals surface area (Å²) in [6.45, 7) is 0.848. The lowest BCUT2D eigenvalue weighted by Gasteiger charge is -2.18. The molecule has 0 atom stereocenters. The molecule has 33 heavy (non-hydrogen) atoms. The van der Waals surface area contributed by atoms with Crippen LogP contribution in [0.25, 0.3) is 0 Å². The molecular weight excluding hydrogens is 446 g/mol. The number of rotatable bonds is 7. The van der Waals surface area contributed by atoms with Gasteiger partial charge >= 0.3 is 6.03 Å². The second-order valence-corrected chi connectivity index (χ2v) is 8.78. The molecule has 0 aromatic heterocycles. The molecule has 0 aliphatic carbocycles. The average Bonchev–Trinajstić information content (AvgIpc) is 3.25. The lowest BCUT2D eigenvalue weighted by molar-refractivity contribution is 0.0981. The summed E-state index contributed by atoms with van der Waals surface area (Å²) in [6.07, 6.45) is 0. The van der Waals surface area contributed by atoms with Crippen LogP contribution < -0.4 is 24.4 Å². The Bertz CT molecular complexity index is 1290. The molecule has 0 radical (unpaired) electrons. The molecule has 1 fully saturated rings. The molecule has 0 saturated carbocycles. The first-order valence-electron chi connectivity index (χ1n) is 10.0. The summed E-state index contributed by atoms with van der Waals surface area (Å²) in [6, 6.07) is 18.8. The van der Waals surface area contributed by atoms with Gasteiger partial charge in [-0.1, -0.05) is 24.3 Å². The molecule has 3 aromatic rings. The molecule has 170 valence electrons. The lowest BCUT2D eigenvalue weighted by Crippen LogP contribution is -2.31. The van der Waals surface area contributed by atoms with Gasteiger partial charge in [0.1, 0.15) is 17.2 Å². The largest absolute Gasteiger partial charge is 0.495 e. The Morgan fingerprint density at radius 1 is 1.00 bits per heavy atom. The summed E-state index contributed by atoms with van der Waals surface area (Å²) in [4.78, 5) is 26.1. The number of para-hydroxylation sites is 1. The van der Waals surface area contributed by atoms with Gasteiger partial charge in [0.2, 0.25) is 0 Å². The predicted octanol–water partition coefficient (Wildman–Crippen LogP) is 3.14. The minimum absolute atomic E-state index is 0.0609. The molecule has 1 saturated heterocycles. The Kier molecular flexibility index (Phi) is 6.18. The maximum Gasteiger partial charge on any atom is 0.322 e. The maximum atomic E-state index is 12.9. The van der Waals surface area contributed by atoms with Crippen LogP contribution in [0.15, 0.2) is 77.7 Å². The van der Waals surface area contributed by atoms with E-state index in [9.17, 15) is 18.0 Å². The number of amides is 3. The highest BCUT2D eigenvalue weighted by Crippen LogP contribution is 2.31. The topological polar surface area (TPSA) is 114 Å². The smallest absolute Gasteiger partial charge is 0.322 e. The Morgan fingerprint density at radius 2 is 1.76 bits per heavy atom. The zero-order valence-electron chi connectivity index (χ0n) is 17.6. The van der Waals surface area contributed by atoms with Gasteiger partial charge in [0.15, 0.2) is 0 Å². The lowest BCUT2D eigenvalue weighted by atomic mass is 10.1. The fourth-order valence-corrected chi connectivity index (χ4v) is 4.32. The molecule has 4 rings (SSSR count). The van der Waals surface area contributed by atoms with E-state index in [1.807, 2.05) is 6.07 Å². The standard InChI is InChI=1S/C23H21N3O6S/c1-31-21-11-10-16(14-20(21)26-13-12-24-23(26)28)22(27)25-33(29,30)19-9-5-8-18(15-19)32-17-6-3-2-4-7-17/h2-11,14-15H,12-13H2,1H3,(H,24,28)(H,25,27). The van der Waals surface area contributed by atoms with E-state index in [-0.39, 0.29) is 16.5 Å². The van der Waals surface area contributed by atoms with Gasteiger partial charge in [-0.05, 0) is 42.5 Å². The van der Waals surface area contributed by atoms with Crippen LogP contribution in [0.1, 0.15) is 10.4 Å². The van der Waals surface area contributed by atoms with Crippen LogP contribution in [0, 0.1) is 0 Å². The molecule has 3 aromatic carbocycles. The number of carbonyl (C=O) groups excluding carboxylic acids is 2. The van der Waals surface area contributed by atoms with Crippen LogP contribution >= 0.6 is 0 Å². The highest BCUT2D eigenvalue weighted by Gasteiger charge is 2.26. The van der Waals surface area contributed by atoms with Gasteiger partial charge in [-0.25, -0.2) is 17.9 Å². The number of hydrogen-bond donors (Lipinski definition) is 2. The second kappa shape index (κ2) is 9.21. The van der Waals surface area contributed by atoms with Crippen molar-refractivity contribution in [3.05, 3.63) is 78.4 Å². The van der Waals surface area contributed by atoms with E-state index in [0.29, 0.717) is 36.0 Å². The minimum atomic E-state index is -4.18. The predicted molar refractivity (Wildman–Crippen MR) is 121 cm³/mol. The van der Waals surface area contributed by atoms with Crippen molar-refractivity contribution in [2.24, 2.45) is 0 Å². The van der Waals surface area contributed by atoms with Crippen molar-refractivity contribution in [2.75, 3.05) is 25.1 Å². The fourth-order valence-electron chi connectivity index (χ4n) is 3.31. The van der Waals surface area contributed by atoms with Crippen LogP contribution in [0.2, 0.25) is 0 Å². The first kappa shape index (κ1) is 22.2. The van der Waals surface area contributed by atoms with Crippen molar-refractivity contribution in [3.8, 4) is 17.2 Å². The number of nitrogens with zero attached hydrogens (tertiary/aromatic N) is 1. The normalized spacial score (nSPS) is 13.4. The van der Waals surface area contributed by atoms with Crippen molar-refractivity contribution in [2.45, 2.75) is 4.90 Å². The van der Waals surface area contributed by atoms with Crippen LogP contribution in [-0.4, -0.2) is 40.6 Å². The third kappa shape index (κ3) is 4.90. The van der Waals surface area contributed by atoms with Gasteiger partial charge in [-0.15, -0.1) is 0 Å². The highest BCUT2D eigenvalue weighted by molar-refractivity contribution is 7.90. The third-order valence-corrected chi connectivity index (χ3v) is 6.24. The van der Waals surface area contributed by atoms with Crippen LogP contribution in [0.3, 0.4) is 0 Å². The Hall–Kier alpha value is -4.05. The second-order valence-electron chi connectivity index (χ2n) is 7.09. The molecule has 10 heteroatoms. The molecule has 0 unspecified atom stereocenters. The molecule has 2 N–H and O–H groups in total. The number of nitrogens with one attached hydrogen (secondary N) is 2. The van der Waals surface area contributed by atoms with E-state index >= 15 is 0 Å². The van der Waals surface area contributed by atoms with Crippen molar-refractivity contribution in [1.82, 2.24) is 10.0 Å². The molecular formula is C23H21N3O6S. The maximum absolute atomic E-state index is 12.9. The summed E-state index contributed by atoms with van der Waals surface area (Å²) in [5.74, 6) is 0.404. The quantitative estimate of drug-likeness (QED) is 0.552. The number of anilines is 1. The summed E-state index contributed by atoms with van der Waals surface area (Å²) in [7, 11) is -2.74. The van der Waals surface area contributed by atoms with E-state index < -0.39 is 15.9 Å². The van der Waals surface area contributed by atoms with E-state index in [1.165, 1.54) is 48.4 Å². The Balaban J connectivity index is 1.56. The molecule has 1 aliphatic heterocycles. The van der Waals surface area contributed by atoms with Crippen molar-refractivity contribution >= 4 is 27.6 Å². The Labute approximate surface area is 191 Å². The molecule has 0 spiro atoms.